The van der Waals surface area contributed by atoms with Gasteiger partial charge in [-0.15, -0.1) is 6.58 Å². The van der Waals surface area contributed by atoms with Gasteiger partial charge in [0.15, 0.2) is 5.16 Å². The highest BCUT2D eigenvalue weighted by Gasteiger charge is 2.07. The molecule has 2 amide bonds. The number of nitrogens with one attached hydrogen (secondary N) is 2. The number of primary amides is 1. The van der Waals surface area contributed by atoms with Gasteiger partial charge in [0.05, 0.1) is 17.9 Å². The predicted octanol–water partition coefficient (Wildman–Crippen LogP) is -0.808. The molecule has 0 saturated carbocycles. The Morgan fingerprint density at radius 3 is 2.95 bits per heavy atom. The lowest BCUT2D eigenvalue weighted by molar-refractivity contribution is -0.120. The van der Waals surface area contributed by atoms with Gasteiger partial charge in [0, 0.05) is 12.6 Å². The lowest BCUT2D eigenvalue weighted by atomic mass is 10.3. The summed E-state index contributed by atoms with van der Waals surface area (Å²) in [5.74, 6) is -0.764. The van der Waals surface area contributed by atoms with Crippen molar-refractivity contribution in [2.75, 3.05) is 12.3 Å². The zero-order valence-electron chi connectivity index (χ0n) is 10.1. The van der Waals surface area contributed by atoms with Crippen LogP contribution in [0.5, 0.6) is 0 Å². The van der Waals surface area contributed by atoms with Crippen molar-refractivity contribution in [2.45, 2.75) is 11.6 Å². The molecule has 0 bridgehead atoms. The highest BCUT2D eigenvalue weighted by molar-refractivity contribution is 7.99. The number of thioether (sulfide) groups is 1. The van der Waals surface area contributed by atoms with E-state index in [1.54, 1.807) is 6.08 Å². The van der Waals surface area contributed by atoms with Crippen LogP contribution in [0.25, 0.3) is 0 Å². The molecule has 8 heteroatoms. The van der Waals surface area contributed by atoms with Crippen molar-refractivity contribution in [2.24, 2.45) is 5.73 Å². The van der Waals surface area contributed by atoms with E-state index >= 15 is 0 Å². The molecular formula is C11H14N4O3S. The molecule has 1 rings (SSSR count). The molecular weight excluding hydrogens is 268 g/mol. The molecule has 0 radical (unpaired) electrons. The zero-order chi connectivity index (χ0) is 14.3. The largest absolute Gasteiger partial charge is 0.369 e. The van der Waals surface area contributed by atoms with Gasteiger partial charge in [0.25, 0.3) is 5.56 Å². The number of H-pyrrole nitrogens is 1. The Morgan fingerprint density at radius 1 is 1.58 bits per heavy atom. The second-order valence-electron chi connectivity index (χ2n) is 3.57. The number of hydrogen-bond acceptors (Lipinski definition) is 5. The minimum absolute atomic E-state index is 0.00898. The normalized spacial score (nSPS) is 9.89. The average Bonchev–Trinajstić information content (AvgIpc) is 2.33. The van der Waals surface area contributed by atoms with Crippen molar-refractivity contribution < 1.29 is 9.59 Å². The van der Waals surface area contributed by atoms with Gasteiger partial charge in [0.1, 0.15) is 0 Å². The van der Waals surface area contributed by atoms with Crippen LogP contribution < -0.4 is 16.6 Å². The number of aromatic nitrogens is 2. The van der Waals surface area contributed by atoms with E-state index in [9.17, 15) is 14.4 Å². The fraction of sp³-hybridized carbons (Fsp3) is 0.273. The quantitative estimate of drug-likeness (QED) is 0.343. The molecule has 0 aliphatic rings. The number of nitrogens with zero attached hydrogens (tertiary/aromatic N) is 1. The third-order valence-electron chi connectivity index (χ3n) is 1.91. The molecule has 0 fully saturated rings. The molecule has 1 heterocycles. The number of aromatic amines is 1. The maximum Gasteiger partial charge on any atom is 0.251 e. The fourth-order valence-corrected chi connectivity index (χ4v) is 1.83. The Balaban J connectivity index is 2.73. The lowest BCUT2D eigenvalue weighted by Gasteiger charge is -2.03. The summed E-state index contributed by atoms with van der Waals surface area (Å²) in [6.07, 6.45) is 1.54. The van der Waals surface area contributed by atoms with E-state index in [0.717, 1.165) is 11.8 Å². The van der Waals surface area contributed by atoms with Crippen LogP contribution in [-0.4, -0.2) is 34.1 Å². The Labute approximate surface area is 113 Å². The van der Waals surface area contributed by atoms with Crippen LogP contribution in [0, 0.1) is 0 Å². The van der Waals surface area contributed by atoms with Crippen LogP contribution in [0.15, 0.2) is 28.7 Å². The van der Waals surface area contributed by atoms with Crippen molar-refractivity contribution in [3.8, 4) is 0 Å². The Morgan fingerprint density at radius 2 is 2.32 bits per heavy atom. The topological polar surface area (TPSA) is 118 Å². The van der Waals surface area contributed by atoms with Crippen molar-refractivity contribution in [1.29, 1.82) is 0 Å². The number of nitrogens with two attached hydrogens (primary N) is 1. The van der Waals surface area contributed by atoms with Crippen molar-refractivity contribution in [1.82, 2.24) is 15.3 Å². The standard InChI is InChI=1S/C11H14N4O3S/c1-2-3-13-9(17)4-7-5-10(18)15-11(14-7)19-6-8(12)16/h2,5H,1,3-4,6H2,(H2,12,16)(H,13,17)(H,14,15,18). The molecule has 0 spiro atoms. The second-order valence-corrected chi connectivity index (χ2v) is 4.53. The molecule has 1 aromatic heterocycles. The van der Waals surface area contributed by atoms with E-state index in [1.165, 1.54) is 6.07 Å². The van der Waals surface area contributed by atoms with Gasteiger partial charge in [0.2, 0.25) is 11.8 Å². The third-order valence-corrected chi connectivity index (χ3v) is 2.81. The molecule has 0 aliphatic carbocycles. The molecule has 0 aliphatic heterocycles. The molecule has 7 nitrogen and oxygen atoms in total. The lowest BCUT2D eigenvalue weighted by Crippen LogP contribution is -2.26. The Hall–Kier alpha value is -2.09. The number of carbonyl (C=O) groups is 2. The van der Waals surface area contributed by atoms with Crippen LogP contribution in [0.4, 0.5) is 0 Å². The van der Waals surface area contributed by atoms with Crippen LogP contribution in [0.3, 0.4) is 0 Å². The summed E-state index contributed by atoms with van der Waals surface area (Å²) in [5.41, 5.74) is 4.95. The van der Waals surface area contributed by atoms with Gasteiger partial charge in [-0.1, -0.05) is 17.8 Å². The summed E-state index contributed by atoms with van der Waals surface area (Å²) >= 11 is 1.01. The minimum Gasteiger partial charge on any atom is -0.369 e. The number of carbonyl (C=O) groups excluding carboxylic acids is 2. The number of amides is 2. The van der Waals surface area contributed by atoms with Crippen molar-refractivity contribution in [3.63, 3.8) is 0 Å². The molecule has 0 aromatic carbocycles. The number of hydrogen-bond donors (Lipinski definition) is 3. The van der Waals surface area contributed by atoms with Crippen LogP contribution in [0.1, 0.15) is 5.69 Å². The summed E-state index contributed by atoms with van der Waals surface area (Å²) in [4.78, 5) is 40.0. The van der Waals surface area contributed by atoms with E-state index in [0.29, 0.717) is 12.2 Å². The van der Waals surface area contributed by atoms with Crippen LogP contribution in [0.2, 0.25) is 0 Å². The average molecular weight is 282 g/mol. The second kappa shape index (κ2) is 7.37. The molecule has 0 atom stereocenters. The minimum atomic E-state index is -0.512. The van der Waals surface area contributed by atoms with Crippen LogP contribution >= 0.6 is 11.8 Å². The van der Waals surface area contributed by atoms with Gasteiger partial charge in [-0.25, -0.2) is 4.98 Å². The fourth-order valence-electron chi connectivity index (χ4n) is 1.19. The SMILES string of the molecule is C=CCNC(=O)Cc1cc(=O)[nH]c(SCC(N)=O)n1. The van der Waals surface area contributed by atoms with Crippen LogP contribution in [-0.2, 0) is 16.0 Å². The highest BCUT2D eigenvalue weighted by Crippen LogP contribution is 2.10. The smallest absolute Gasteiger partial charge is 0.251 e. The Kier molecular flexibility index (Phi) is 5.80. The molecule has 0 saturated heterocycles. The summed E-state index contributed by atoms with van der Waals surface area (Å²) < 4.78 is 0. The highest BCUT2D eigenvalue weighted by atomic mass is 32.2. The van der Waals surface area contributed by atoms with Gasteiger partial charge in [-0.05, 0) is 0 Å². The summed E-state index contributed by atoms with van der Waals surface area (Å²) in [6, 6.07) is 1.24. The van der Waals surface area contributed by atoms with E-state index in [2.05, 4.69) is 21.9 Å². The first-order valence-electron chi connectivity index (χ1n) is 5.40. The van der Waals surface area contributed by atoms with Gasteiger partial charge >= 0.3 is 0 Å². The zero-order valence-corrected chi connectivity index (χ0v) is 11.0. The molecule has 0 unspecified atom stereocenters. The van der Waals surface area contributed by atoms with Crippen molar-refractivity contribution in [3.05, 3.63) is 34.8 Å². The first kappa shape index (κ1) is 15.0. The molecule has 1 aromatic rings. The van der Waals surface area contributed by atoms with Gasteiger partial charge in [-0.3, -0.25) is 14.4 Å². The first-order chi connectivity index (χ1) is 9.01. The van der Waals surface area contributed by atoms with Crippen molar-refractivity contribution >= 4 is 23.6 Å². The van der Waals surface area contributed by atoms with E-state index in [4.69, 9.17) is 5.73 Å². The summed E-state index contributed by atoms with van der Waals surface area (Å²) in [7, 11) is 0. The summed E-state index contributed by atoms with van der Waals surface area (Å²) in [5, 5.41) is 2.84. The molecule has 102 valence electrons. The maximum atomic E-state index is 11.5. The monoisotopic (exact) mass is 282 g/mol. The van der Waals surface area contributed by atoms with E-state index < -0.39 is 5.91 Å². The van der Waals surface area contributed by atoms with E-state index in [-0.39, 0.29) is 28.8 Å². The third kappa shape index (κ3) is 5.87. The number of rotatable bonds is 7. The predicted molar refractivity (Wildman–Crippen MR) is 71.7 cm³/mol. The first-order valence-corrected chi connectivity index (χ1v) is 6.38. The summed E-state index contributed by atoms with van der Waals surface area (Å²) in [6.45, 7) is 3.83. The van der Waals surface area contributed by atoms with E-state index in [1.807, 2.05) is 0 Å². The molecule has 19 heavy (non-hydrogen) atoms. The van der Waals surface area contributed by atoms with Gasteiger partial charge in [-0.2, -0.15) is 0 Å². The van der Waals surface area contributed by atoms with Gasteiger partial charge < -0.3 is 16.0 Å². The molecule has 4 N–H and O–H groups in total. The Bertz CT molecular complexity index is 541. The maximum absolute atomic E-state index is 11.5.